The lowest BCUT2D eigenvalue weighted by Gasteiger charge is -2.10. The van der Waals surface area contributed by atoms with Gasteiger partial charge in [0.05, 0.1) is 12.8 Å². The van der Waals surface area contributed by atoms with E-state index in [1.807, 2.05) is 6.07 Å². The number of halogens is 1. The zero-order chi connectivity index (χ0) is 11.1. The molecule has 1 rings (SSSR count). The van der Waals surface area contributed by atoms with Crippen LogP contribution in [0.15, 0.2) is 22.9 Å². The Bertz CT molecular complexity index is 296. The van der Waals surface area contributed by atoms with Gasteiger partial charge in [-0.3, -0.25) is 4.98 Å². The number of ether oxygens (including phenoxy) is 1. The van der Waals surface area contributed by atoms with Gasteiger partial charge in [0, 0.05) is 10.7 Å². The normalized spacial score (nSPS) is 12.5. The average molecular weight is 290 g/mol. The molecule has 0 saturated heterocycles. The molecule has 0 aliphatic carbocycles. The summed E-state index contributed by atoms with van der Waals surface area (Å²) in [7, 11) is 0. The van der Waals surface area contributed by atoms with Crippen LogP contribution in [-0.2, 0) is 0 Å². The number of hydrogen-bond acceptors (Lipinski definition) is 3. The lowest BCUT2D eigenvalue weighted by Crippen LogP contribution is -2.04. The van der Waals surface area contributed by atoms with Gasteiger partial charge in [-0.05, 0) is 46.5 Å². The summed E-state index contributed by atoms with van der Waals surface area (Å²) in [5, 5.41) is 0. The fourth-order valence-electron chi connectivity index (χ4n) is 1.21. The lowest BCUT2D eigenvalue weighted by atomic mass is 10.1. The van der Waals surface area contributed by atoms with Crippen molar-refractivity contribution in [2.45, 2.75) is 19.8 Å². The van der Waals surface area contributed by atoms with Gasteiger partial charge in [-0.2, -0.15) is 12.6 Å². The Kier molecular flexibility index (Phi) is 6.10. The molecule has 0 aliphatic rings. The maximum Gasteiger partial charge on any atom is 0.138 e. The van der Waals surface area contributed by atoms with Gasteiger partial charge in [0.15, 0.2) is 0 Å². The first-order chi connectivity index (χ1) is 7.22. The van der Waals surface area contributed by atoms with Crippen LogP contribution in [0.4, 0.5) is 0 Å². The van der Waals surface area contributed by atoms with Gasteiger partial charge in [-0.15, -0.1) is 0 Å². The third-order valence-corrected chi connectivity index (χ3v) is 2.87. The lowest BCUT2D eigenvalue weighted by molar-refractivity contribution is 0.281. The van der Waals surface area contributed by atoms with Crippen LogP contribution in [0.3, 0.4) is 0 Å². The van der Waals surface area contributed by atoms with E-state index in [0.29, 0.717) is 5.92 Å². The van der Waals surface area contributed by atoms with Crippen molar-refractivity contribution in [1.82, 2.24) is 4.98 Å². The number of aromatic nitrogens is 1. The number of thiol groups is 1. The van der Waals surface area contributed by atoms with Gasteiger partial charge in [-0.1, -0.05) is 6.92 Å². The number of rotatable bonds is 6. The van der Waals surface area contributed by atoms with Crippen molar-refractivity contribution in [3.63, 3.8) is 0 Å². The van der Waals surface area contributed by atoms with E-state index in [-0.39, 0.29) is 0 Å². The predicted molar refractivity (Wildman–Crippen MR) is 69.7 cm³/mol. The number of nitrogens with zero attached hydrogens (tertiary/aromatic N) is 1. The van der Waals surface area contributed by atoms with Gasteiger partial charge < -0.3 is 4.74 Å². The van der Waals surface area contributed by atoms with Crippen molar-refractivity contribution in [2.24, 2.45) is 5.92 Å². The topological polar surface area (TPSA) is 22.1 Å². The van der Waals surface area contributed by atoms with Crippen LogP contribution in [0.1, 0.15) is 19.8 Å². The van der Waals surface area contributed by atoms with Crippen LogP contribution >= 0.6 is 28.6 Å². The van der Waals surface area contributed by atoms with Crippen molar-refractivity contribution >= 4 is 28.6 Å². The van der Waals surface area contributed by atoms with Gasteiger partial charge in [0.2, 0.25) is 0 Å². The first-order valence-electron chi connectivity index (χ1n) is 5.06. The highest BCUT2D eigenvalue weighted by Crippen LogP contribution is 2.17. The summed E-state index contributed by atoms with van der Waals surface area (Å²) in [5.74, 6) is 2.43. The third kappa shape index (κ3) is 5.42. The summed E-state index contributed by atoms with van der Waals surface area (Å²) >= 11 is 7.56. The maximum atomic E-state index is 5.59. The highest BCUT2D eigenvalue weighted by atomic mass is 79.9. The van der Waals surface area contributed by atoms with Crippen molar-refractivity contribution < 1.29 is 4.74 Å². The van der Waals surface area contributed by atoms with E-state index in [1.165, 1.54) is 0 Å². The Morgan fingerprint density at radius 3 is 2.93 bits per heavy atom. The molecule has 2 nitrogen and oxygen atoms in total. The fourth-order valence-corrected chi connectivity index (χ4v) is 2.00. The van der Waals surface area contributed by atoms with E-state index in [2.05, 4.69) is 40.5 Å². The van der Waals surface area contributed by atoms with Gasteiger partial charge in [-0.25, -0.2) is 0 Å². The minimum atomic E-state index is 0.669. The molecule has 0 radical (unpaired) electrons. The zero-order valence-electron chi connectivity index (χ0n) is 8.82. The third-order valence-electron chi connectivity index (χ3n) is 2.18. The summed E-state index contributed by atoms with van der Waals surface area (Å²) in [6.07, 6.45) is 5.68. The van der Waals surface area contributed by atoms with Crippen molar-refractivity contribution in [3.05, 3.63) is 22.9 Å². The van der Waals surface area contributed by atoms with Crippen LogP contribution in [0.25, 0.3) is 0 Å². The van der Waals surface area contributed by atoms with Crippen LogP contribution < -0.4 is 4.74 Å². The summed E-state index contributed by atoms with van der Waals surface area (Å²) in [4.78, 5) is 4.03. The van der Waals surface area contributed by atoms with E-state index in [9.17, 15) is 0 Å². The number of hydrogen-bond donors (Lipinski definition) is 1. The molecule has 0 fully saturated rings. The van der Waals surface area contributed by atoms with Crippen molar-refractivity contribution in [3.8, 4) is 5.75 Å². The second-order valence-electron chi connectivity index (χ2n) is 3.59. The summed E-state index contributed by atoms with van der Waals surface area (Å²) in [6, 6.07) is 1.93. The fraction of sp³-hybridized carbons (Fsp3) is 0.545. The minimum Gasteiger partial charge on any atom is -0.492 e. The second-order valence-corrected chi connectivity index (χ2v) is 4.96. The quantitative estimate of drug-likeness (QED) is 0.809. The highest BCUT2D eigenvalue weighted by molar-refractivity contribution is 9.10. The largest absolute Gasteiger partial charge is 0.492 e. The molecule has 1 aromatic rings. The van der Waals surface area contributed by atoms with E-state index in [0.717, 1.165) is 35.4 Å². The van der Waals surface area contributed by atoms with Crippen LogP contribution in [-0.4, -0.2) is 17.3 Å². The Hall–Kier alpha value is -0.220. The Morgan fingerprint density at radius 1 is 1.47 bits per heavy atom. The Morgan fingerprint density at radius 2 is 2.27 bits per heavy atom. The zero-order valence-corrected chi connectivity index (χ0v) is 11.3. The highest BCUT2D eigenvalue weighted by Gasteiger charge is 2.01. The molecular weight excluding hydrogens is 274 g/mol. The molecule has 0 amide bonds. The monoisotopic (exact) mass is 289 g/mol. The molecule has 0 bridgehead atoms. The minimum absolute atomic E-state index is 0.669. The molecule has 1 aromatic heterocycles. The molecule has 0 N–H and O–H groups in total. The van der Waals surface area contributed by atoms with Crippen LogP contribution in [0, 0.1) is 5.92 Å². The maximum absolute atomic E-state index is 5.59. The van der Waals surface area contributed by atoms with Gasteiger partial charge in [0.1, 0.15) is 5.75 Å². The van der Waals surface area contributed by atoms with Crippen molar-refractivity contribution in [2.75, 3.05) is 12.4 Å². The molecule has 1 heterocycles. The first kappa shape index (κ1) is 12.8. The van der Waals surface area contributed by atoms with E-state index < -0.39 is 0 Å². The van der Waals surface area contributed by atoms with Crippen molar-refractivity contribution in [1.29, 1.82) is 0 Å². The standard InChI is InChI=1S/C11H16BrNOS/c1-9(3-5-15)2-4-14-11-6-10(12)7-13-8-11/h6-9,15H,2-5H2,1H3. The molecule has 0 aliphatic heterocycles. The molecule has 4 heteroatoms. The summed E-state index contributed by atoms with van der Waals surface area (Å²) in [6.45, 7) is 2.96. The average Bonchev–Trinajstić information content (AvgIpc) is 2.18. The first-order valence-corrected chi connectivity index (χ1v) is 6.49. The smallest absolute Gasteiger partial charge is 0.138 e. The second kappa shape index (κ2) is 7.12. The molecule has 0 saturated carbocycles. The summed E-state index contributed by atoms with van der Waals surface area (Å²) < 4.78 is 6.53. The van der Waals surface area contributed by atoms with Gasteiger partial charge in [0.25, 0.3) is 0 Å². The van der Waals surface area contributed by atoms with E-state index >= 15 is 0 Å². The number of pyridine rings is 1. The molecular formula is C11H16BrNOS. The molecule has 0 aromatic carbocycles. The molecule has 1 atom stereocenters. The van der Waals surface area contributed by atoms with Gasteiger partial charge >= 0.3 is 0 Å². The van der Waals surface area contributed by atoms with Crippen LogP contribution in [0.2, 0.25) is 0 Å². The summed E-state index contributed by atoms with van der Waals surface area (Å²) in [5.41, 5.74) is 0. The Balaban J connectivity index is 2.25. The van der Waals surface area contributed by atoms with E-state index in [1.54, 1.807) is 12.4 Å². The van der Waals surface area contributed by atoms with Crippen LogP contribution in [0.5, 0.6) is 5.75 Å². The van der Waals surface area contributed by atoms with E-state index in [4.69, 9.17) is 4.74 Å². The Labute approximate surface area is 105 Å². The molecule has 84 valence electrons. The predicted octanol–water partition coefficient (Wildman–Crippen LogP) is 3.57. The molecule has 15 heavy (non-hydrogen) atoms. The molecule has 0 spiro atoms. The molecule has 1 unspecified atom stereocenters. The SMILES string of the molecule is CC(CCS)CCOc1cncc(Br)c1.